The number of hydrogen-bond acceptors (Lipinski definition) is 4. The Bertz CT molecular complexity index is 800. The SMILES string of the molecule is COc1ccc(N2CCC(N3CCC(Cc4cc(F)ccc4Br)CC3)CC2)cn1. The lowest BCUT2D eigenvalue weighted by Gasteiger charge is -2.42. The summed E-state index contributed by atoms with van der Waals surface area (Å²) >= 11 is 3.57. The zero-order valence-corrected chi connectivity index (χ0v) is 18.6. The van der Waals surface area contributed by atoms with E-state index in [1.165, 1.54) is 37.4 Å². The van der Waals surface area contributed by atoms with Crippen LogP contribution in [0.15, 0.2) is 41.0 Å². The van der Waals surface area contributed by atoms with Gasteiger partial charge in [0.1, 0.15) is 5.82 Å². The molecule has 1 aromatic heterocycles. The van der Waals surface area contributed by atoms with Gasteiger partial charge >= 0.3 is 0 Å². The lowest BCUT2D eigenvalue weighted by Crippen LogP contribution is -2.48. The number of methoxy groups -OCH3 is 1. The molecule has 0 radical (unpaired) electrons. The van der Waals surface area contributed by atoms with Crippen molar-refractivity contribution in [2.75, 3.05) is 38.2 Å². The number of hydrogen-bond donors (Lipinski definition) is 0. The van der Waals surface area contributed by atoms with Crippen molar-refractivity contribution in [3.63, 3.8) is 0 Å². The van der Waals surface area contributed by atoms with Gasteiger partial charge in [-0.1, -0.05) is 15.9 Å². The summed E-state index contributed by atoms with van der Waals surface area (Å²) in [6, 6.07) is 9.74. The normalized spacial score (nSPS) is 19.5. The van der Waals surface area contributed by atoms with E-state index in [4.69, 9.17) is 4.74 Å². The number of likely N-dealkylation sites (tertiary alicyclic amines) is 1. The fraction of sp³-hybridized carbons (Fsp3) is 0.522. The first kappa shape index (κ1) is 20.6. The summed E-state index contributed by atoms with van der Waals surface area (Å²) in [4.78, 5) is 9.44. The van der Waals surface area contributed by atoms with Crippen molar-refractivity contribution in [3.05, 3.63) is 52.4 Å². The maximum absolute atomic E-state index is 13.6. The summed E-state index contributed by atoms with van der Waals surface area (Å²) in [6.07, 6.45) is 7.68. The number of anilines is 1. The Morgan fingerprint density at radius 2 is 1.83 bits per heavy atom. The molecular weight excluding hydrogens is 433 g/mol. The molecule has 0 spiro atoms. The molecule has 4 rings (SSSR count). The molecule has 2 fully saturated rings. The Balaban J connectivity index is 1.25. The third-order valence-electron chi connectivity index (χ3n) is 6.44. The Kier molecular flexibility index (Phi) is 6.70. The van der Waals surface area contributed by atoms with Gasteiger partial charge in [-0.25, -0.2) is 9.37 Å². The highest BCUT2D eigenvalue weighted by atomic mass is 79.9. The fourth-order valence-corrected chi connectivity index (χ4v) is 5.11. The van der Waals surface area contributed by atoms with Gasteiger partial charge in [0.25, 0.3) is 0 Å². The van der Waals surface area contributed by atoms with E-state index in [0.717, 1.165) is 42.6 Å². The van der Waals surface area contributed by atoms with Crippen molar-refractivity contribution in [2.24, 2.45) is 5.92 Å². The van der Waals surface area contributed by atoms with Crippen molar-refractivity contribution in [3.8, 4) is 5.88 Å². The van der Waals surface area contributed by atoms with E-state index >= 15 is 0 Å². The monoisotopic (exact) mass is 461 g/mol. The molecule has 3 heterocycles. The van der Waals surface area contributed by atoms with Crippen LogP contribution in [0, 0.1) is 11.7 Å². The average Bonchev–Trinajstić information content (AvgIpc) is 2.77. The minimum Gasteiger partial charge on any atom is -0.481 e. The molecule has 0 saturated carbocycles. The molecule has 29 heavy (non-hydrogen) atoms. The third-order valence-corrected chi connectivity index (χ3v) is 7.21. The first-order valence-electron chi connectivity index (χ1n) is 10.6. The first-order valence-corrected chi connectivity index (χ1v) is 11.3. The molecule has 0 unspecified atom stereocenters. The van der Waals surface area contributed by atoms with Gasteiger partial charge in [0, 0.05) is 29.7 Å². The largest absolute Gasteiger partial charge is 0.481 e. The number of halogens is 2. The molecule has 1 aromatic carbocycles. The fourth-order valence-electron chi connectivity index (χ4n) is 4.70. The number of pyridine rings is 1. The second-order valence-electron chi connectivity index (χ2n) is 8.20. The Morgan fingerprint density at radius 3 is 2.48 bits per heavy atom. The van der Waals surface area contributed by atoms with Crippen LogP contribution in [0.5, 0.6) is 5.88 Å². The van der Waals surface area contributed by atoms with Crippen LogP contribution in [0.25, 0.3) is 0 Å². The molecule has 2 aliphatic heterocycles. The van der Waals surface area contributed by atoms with Crippen LogP contribution in [0.1, 0.15) is 31.2 Å². The van der Waals surface area contributed by atoms with Gasteiger partial charge in [-0.2, -0.15) is 0 Å². The van der Waals surface area contributed by atoms with E-state index in [1.807, 2.05) is 18.3 Å². The van der Waals surface area contributed by atoms with Gasteiger partial charge in [0.2, 0.25) is 5.88 Å². The minimum absolute atomic E-state index is 0.139. The van der Waals surface area contributed by atoms with Crippen LogP contribution in [0.4, 0.5) is 10.1 Å². The molecule has 0 N–H and O–H groups in total. The molecule has 156 valence electrons. The third kappa shape index (κ3) is 5.10. The zero-order valence-electron chi connectivity index (χ0n) is 17.0. The van der Waals surface area contributed by atoms with Crippen LogP contribution >= 0.6 is 15.9 Å². The topological polar surface area (TPSA) is 28.6 Å². The number of nitrogens with zero attached hydrogens (tertiary/aromatic N) is 3. The van der Waals surface area contributed by atoms with E-state index in [0.29, 0.717) is 17.8 Å². The van der Waals surface area contributed by atoms with Crippen LogP contribution in [0.3, 0.4) is 0 Å². The number of aromatic nitrogens is 1. The van der Waals surface area contributed by atoms with Gasteiger partial charge in [-0.3, -0.25) is 0 Å². The maximum atomic E-state index is 13.6. The first-order chi connectivity index (χ1) is 14.1. The highest BCUT2D eigenvalue weighted by Crippen LogP contribution is 2.30. The Labute approximate surface area is 181 Å². The summed E-state index contributed by atoms with van der Waals surface area (Å²) < 4.78 is 19.7. The molecule has 0 amide bonds. The van der Waals surface area contributed by atoms with E-state index in [1.54, 1.807) is 13.2 Å². The number of piperidine rings is 2. The number of rotatable bonds is 5. The Hall–Kier alpha value is -1.66. The van der Waals surface area contributed by atoms with Crippen molar-refractivity contribution in [1.29, 1.82) is 0 Å². The van der Waals surface area contributed by atoms with Crippen LogP contribution in [-0.2, 0) is 6.42 Å². The highest BCUT2D eigenvalue weighted by Gasteiger charge is 2.28. The van der Waals surface area contributed by atoms with Gasteiger partial charge in [-0.05, 0) is 80.9 Å². The van der Waals surface area contributed by atoms with Crippen molar-refractivity contribution in [1.82, 2.24) is 9.88 Å². The highest BCUT2D eigenvalue weighted by molar-refractivity contribution is 9.10. The predicted octanol–water partition coefficient (Wildman–Crippen LogP) is 4.92. The van der Waals surface area contributed by atoms with E-state index in [-0.39, 0.29) is 5.82 Å². The molecule has 0 atom stereocenters. The van der Waals surface area contributed by atoms with E-state index < -0.39 is 0 Å². The molecule has 2 aliphatic rings. The predicted molar refractivity (Wildman–Crippen MR) is 118 cm³/mol. The lowest BCUT2D eigenvalue weighted by molar-refractivity contribution is 0.115. The van der Waals surface area contributed by atoms with Crippen molar-refractivity contribution < 1.29 is 9.13 Å². The van der Waals surface area contributed by atoms with Gasteiger partial charge in [0.05, 0.1) is 19.0 Å². The molecule has 6 heteroatoms. The van der Waals surface area contributed by atoms with Crippen molar-refractivity contribution in [2.45, 2.75) is 38.1 Å². The van der Waals surface area contributed by atoms with Crippen LogP contribution < -0.4 is 9.64 Å². The molecule has 0 bridgehead atoms. The molecule has 2 aromatic rings. The van der Waals surface area contributed by atoms with Gasteiger partial charge < -0.3 is 14.5 Å². The molecular formula is C23H29BrFN3O. The second-order valence-corrected chi connectivity index (χ2v) is 9.05. The summed E-state index contributed by atoms with van der Waals surface area (Å²) in [5.41, 5.74) is 2.29. The van der Waals surface area contributed by atoms with Gasteiger partial charge in [0.15, 0.2) is 0 Å². The lowest BCUT2D eigenvalue weighted by atomic mass is 9.88. The Morgan fingerprint density at radius 1 is 1.07 bits per heavy atom. The van der Waals surface area contributed by atoms with Crippen LogP contribution in [0.2, 0.25) is 0 Å². The molecule has 2 saturated heterocycles. The second kappa shape index (κ2) is 9.43. The van der Waals surface area contributed by atoms with E-state index in [9.17, 15) is 4.39 Å². The van der Waals surface area contributed by atoms with Crippen LogP contribution in [-0.4, -0.2) is 49.2 Å². The summed E-state index contributed by atoms with van der Waals surface area (Å²) in [5.74, 6) is 1.17. The smallest absolute Gasteiger partial charge is 0.213 e. The van der Waals surface area contributed by atoms with Crippen molar-refractivity contribution >= 4 is 21.6 Å². The van der Waals surface area contributed by atoms with Gasteiger partial charge in [-0.15, -0.1) is 0 Å². The van der Waals surface area contributed by atoms with E-state index in [2.05, 4.69) is 36.8 Å². The maximum Gasteiger partial charge on any atom is 0.213 e. The quantitative estimate of drug-likeness (QED) is 0.631. The molecule has 0 aliphatic carbocycles. The molecule has 4 nitrogen and oxygen atoms in total. The summed E-state index contributed by atoms with van der Waals surface area (Å²) in [5, 5.41) is 0. The summed E-state index contributed by atoms with van der Waals surface area (Å²) in [7, 11) is 1.65. The zero-order chi connectivity index (χ0) is 20.2. The average molecular weight is 462 g/mol. The number of benzene rings is 1. The minimum atomic E-state index is -0.139. The standard InChI is InChI=1S/C23H29BrFN3O/c1-29-23-5-3-21(16-26-23)28-12-8-20(9-13-28)27-10-6-17(7-11-27)14-18-15-19(25)2-4-22(18)24/h2-5,15-17,20H,6-14H2,1H3. The summed E-state index contributed by atoms with van der Waals surface area (Å²) in [6.45, 7) is 4.47. The number of ether oxygens (including phenoxy) is 1.